The maximum absolute atomic E-state index is 12.2. The molecule has 3 rings (SSSR count). The smallest absolute Gasteiger partial charge is 0.226 e. The molecule has 1 aliphatic heterocycles. The Kier molecular flexibility index (Phi) is 4.49. The zero-order valence-electron chi connectivity index (χ0n) is 12.2. The van der Waals surface area contributed by atoms with Gasteiger partial charge in [0.2, 0.25) is 16.9 Å². The highest BCUT2D eigenvalue weighted by atomic mass is 32.1. The first-order valence-corrected chi connectivity index (χ1v) is 8.70. The topological polar surface area (TPSA) is 75.2 Å². The van der Waals surface area contributed by atoms with Crippen molar-refractivity contribution >= 4 is 39.8 Å². The number of aryl methyl sites for hydroxylation is 1. The number of nitrogens with zero attached hydrogens (tertiary/aromatic N) is 3. The minimum Gasteiger partial charge on any atom is -0.338 e. The zero-order chi connectivity index (χ0) is 15.5. The van der Waals surface area contributed by atoms with E-state index in [1.807, 2.05) is 4.90 Å². The van der Waals surface area contributed by atoms with Crippen molar-refractivity contribution < 1.29 is 9.59 Å². The molecule has 0 aromatic carbocycles. The second kappa shape index (κ2) is 6.53. The molecule has 2 aromatic heterocycles. The number of amides is 2. The van der Waals surface area contributed by atoms with E-state index in [1.165, 1.54) is 10.4 Å². The molecule has 1 aliphatic rings. The van der Waals surface area contributed by atoms with Gasteiger partial charge in [0.15, 0.2) is 0 Å². The van der Waals surface area contributed by atoms with Crippen molar-refractivity contribution in [2.75, 3.05) is 11.9 Å². The number of anilines is 1. The Balaban J connectivity index is 1.47. The summed E-state index contributed by atoms with van der Waals surface area (Å²) in [4.78, 5) is 31.3. The highest BCUT2D eigenvalue weighted by Gasteiger charge is 2.21. The van der Waals surface area contributed by atoms with E-state index in [1.54, 1.807) is 18.3 Å². The van der Waals surface area contributed by atoms with Crippen LogP contribution in [0.25, 0.3) is 0 Å². The first-order valence-electron chi connectivity index (χ1n) is 7.05. The summed E-state index contributed by atoms with van der Waals surface area (Å²) < 4.78 is 4.00. The van der Waals surface area contributed by atoms with E-state index in [4.69, 9.17) is 0 Å². The SMILES string of the molecule is Cc1nsc(NC(=O)CCC(=O)N2CCc3sccc3C2)n1. The van der Waals surface area contributed by atoms with Gasteiger partial charge in [-0.2, -0.15) is 4.37 Å². The van der Waals surface area contributed by atoms with Gasteiger partial charge in [-0.05, 0) is 30.4 Å². The van der Waals surface area contributed by atoms with E-state index >= 15 is 0 Å². The molecular weight excluding hydrogens is 320 g/mol. The largest absolute Gasteiger partial charge is 0.338 e. The summed E-state index contributed by atoms with van der Waals surface area (Å²) in [6.45, 7) is 3.17. The Morgan fingerprint density at radius 2 is 2.27 bits per heavy atom. The molecule has 0 atom stereocenters. The second-order valence-electron chi connectivity index (χ2n) is 5.13. The third-order valence-corrected chi connectivity index (χ3v) is 5.25. The number of hydrogen-bond donors (Lipinski definition) is 1. The second-order valence-corrected chi connectivity index (χ2v) is 6.88. The van der Waals surface area contributed by atoms with Gasteiger partial charge in [-0.25, -0.2) is 4.98 Å². The van der Waals surface area contributed by atoms with Crippen molar-refractivity contribution in [3.05, 3.63) is 27.7 Å². The fraction of sp³-hybridized carbons (Fsp3) is 0.429. The Morgan fingerprint density at radius 1 is 1.41 bits per heavy atom. The number of carbonyl (C=O) groups excluding carboxylic acids is 2. The van der Waals surface area contributed by atoms with Gasteiger partial charge in [-0.1, -0.05) is 0 Å². The Hall–Kier alpha value is -1.80. The molecule has 6 nitrogen and oxygen atoms in total. The molecule has 0 radical (unpaired) electrons. The van der Waals surface area contributed by atoms with Crippen LogP contribution in [-0.4, -0.2) is 32.6 Å². The maximum Gasteiger partial charge on any atom is 0.226 e. The maximum atomic E-state index is 12.2. The van der Waals surface area contributed by atoms with E-state index in [9.17, 15) is 9.59 Å². The van der Waals surface area contributed by atoms with Crippen molar-refractivity contribution in [3.63, 3.8) is 0 Å². The quantitative estimate of drug-likeness (QED) is 0.929. The number of thiophene rings is 1. The van der Waals surface area contributed by atoms with E-state index in [0.29, 0.717) is 17.5 Å². The summed E-state index contributed by atoms with van der Waals surface area (Å²) in [7, 11) is 0. The van der Waals surface area contributed by atoms with Crippen LogP contribution in [0.4, 0.5) is 5.13 Å². The van der Waals surface area contributed by atoms with Crippen molar-refractivity contribution in [3.8, 4) is 0 Å². The van der Waals surface area contributed by atoms with E-state index in [2.05, 4.69) is 26.1 Å². The average Bonchev–Trinajstić information content (AvgIpc) is 3.12. The van der Waals surface area contributed by atoms with E-state index in [0.717, 1.165) is 24.5 Å². The monoisotopic (exact) mass is 336 g/mol. The lowest BCUT2D eigenvalue weighted by atomic mass is 10.1. The molecule has 0 saturated carbocycles. The van der Waals surface area contributed by atoms with Crippen molar-refractivity contribution in [2.24, 2.45) is 0 Å². The van der Waals surface area contributed by atoms with Crippen LogP contribution in [0.5, 0.6) is 0 Å². The zero-order valence-corrected chi connectivity index (χ0v) is 13.8. The lowest BCUT2D eigenvalue weighted by Crippen LogP contribution is -2.35. The normalized spacial score (nSPS) is 13.8. The molecule has 1 N–H and O–H groups in total. The number of hydrogen-bond acceptors (Lipinski definition) is 6. The molecule has 0 spiro atoms. The molecule has 0 aliphatic carbocycles. The van der Waals surface area contributed by atoms with Crippen LogP contribution < -0.4 is 5.32 Å². The third-order valence-electron chi connectivity index (χ3n) is 3.50. The Labute approximate surface area is 136 Å². The summed E-state index contributed by atoms with van der Waals surface area (Å²) in [6.07, 6.45) is 1.31. The number of carbonyl (C=O) groups is 2. The van der Waals surface area contributed by atoms with Crippen LogP contribution in [0.1, 0.15) is 29.1 Å². The lowest BCUT2D eigenvalue weighted by Gasteiger charge is -2.27. The molecule has 2 aromatic rings. The molecule has 0 bridgehead atoms. The summed E-state index contributed by atoms with van der Waals surface area (Å²) in [6, 6.07) is 2.07. The van der Waals surface area contributed by atoms with Gasteiger partial charge in [0.05, 0.1) is 0 Å². The van der Waals surface area contributed by atoms with Crippen LogP contribution >= 0.6 is 22.9 Å². The fourth-order valence-electron chi connectivity index (χ4n) is 2.37. The number of nitrogens with one attached hydrogen (secondary N) is 1. The molecule has 2 amide bonds. The minimum absolute atomic E-state index is 0.0282. The van der Waals surface area contributed by atoms with Gasteiger partial charge >= 0.3 is 0 Å². The summed E-state index contributed by atoms with van der Waals surface area (Å²) >= 11 is 2.89. The van der Waals surface area contributed by atoms with Gasteiger partial charge in [-0.15, -0.1) is 11.3 Å². The number of rotatable bonds is 4. The molecule has 0 unspecified atom stereocenters. The predicted molar refractivity (Wildman–Crippen MR) is 85.9 cm³/mol. The van der Waals surface area contributed by atoms with Crippen LogP contribution in [-0.2, 0) is 22.6 Å². The van der Waals surface area contributed by atoms with Crippen LogP contribution in [0.3, 0.4) is 0 Å². The van der Waals surface area contributed by atoms with Crippen molar-refractivity contribution in [1.29, 1.82) is 0 Å². The molecule has 116 valence electrons. The van der Waals surface area contributed by atoms with Gasteiger partial charge in [0.25, 0.3) is 0 Å². The van der Waals surface area contributed by atoms with Gasteiger partial charge in [0.1, 0.15) is 5.82 Å². The Bertz CT molecular complexity index is 695. The molecule has 0 saturated heterocycles. The van der Waals surface area contributed by atoms with Crippen LogP contribution in [0.15, 0.2) is 11.4 Å². The average molecular weight is 336 g/mol. The molecular formula is C14H16N4O2S2. The molecule has 0 fully saturated rings. The fourth-order valence-corrected chi connectivity index (χ4v) is 3.85. The number of fused-ring (bicyclic) bond motifs is 1. The lowest BCUT2D eigenvalue weighted by molar-refractivity contribution is -0.133. The van der Waals surface area contributed by atoms with Crippen LogP contribution in [0, 0.1) is 6.92 Å². The highest BCUT2D eigenvalue weighted by molar-refractivity contribution is 7.10. The van der Waals surface area contributed by atoms with E-state index < -0.39 is 0 Å². The highest BCUT2D eigenvalue weighted by Crippen LogP contribution is 2.24. The summed E-state index contributed by atoms with van der Waals surface area (Å²) in [5, 5.41) is 5.22. The number of aromatic nitrogens is 2. The van der Waals surface area contributed by atoms with Gasteiger partial charge in [0, 0.05) is 42.3 Å². The first kappa shape index (κ1) is 15.1. The minimum atomic E-state index is -0.197. The van der Waals surface area contributed by atoms with Crippen molar-refractivity contribution in [2.45, 2.75) is 32.7 Å². The standard InChI is InChI=1S/C14H16N4O2S2/c1-9-15-14(22-17-9)16-12(19)2-3-13(20)18-6-4-11-10(8-18)5-7-21-11/h5,7H,2-4,6,8H2,1H3,(H,15,16,17,19). The molecule has 22 heavy (non-hydrogen) atoms. The third kappa shape index (κ3) is 3.50. The van der Waals surface area contributed by atoms with Gasteiger partial charge < -0.3 is 10.2 Å². The predicted octanol–water partition coefficient (Wildman–Crippen LogP) is 2.21. The van der Waals surface area contributed by atoms with Crippen molar-refractivity contribution in [1.82, 2.24) is 14.3 Å². The van der Waals surface area contributed by atoms with Crippen LogP contribution in [0.2, 0.25) is 0 Å². The summed E-state index contributed by atoms with van der Waals surface area (Å²) in [5.74, 6) is 0.467. The molecule has 8 heteroatoms. The van der Waals surface area contributed by atoms with E-state index in [-0.39, 0.29) is 24.7 Å². The molecule has 3 heterocycles. The Morgan fingerprint density at radius 3 is 3.05 bits per heavy atom. The van der Waals surface area contributed by atoms with Gasteiger partial charge in [-0.3, -0.25) is 9.59 Å². The summed E-state index contributed by atoms with van der Waals surface area (Å²) in [5.41, 5.74) is 1.23. The first-order chi connectivity index (χ1) is 10.6.